The van der Waals surface area contributed by atoms with Crippen molar-refractivity contribution in [2.45, 2.75) is 38.5 Å². The molecule has 0 unspecified atom stereocenters. The van der Waals surface area contributed by atoms with E-state index in [0.717, 1.165) is 25.7 Å². The Hall–Kier alpha value is -2.04. The van der Waals surface area contributed by atoms with Gasteiger partial charge in [-0.05, 0) is 30.4 Å². The van der Waals surface area contributed by atoms with E-state index in [1.165, 1.54) is 6.07 Å². The maximum atomic E-state index is 12.3. The highest BCUT2D eigenvalue weighted by molar-refractivity contribution is 5.93. The standard InChI is InChI=1S/C17H24N2O3/c1-19(2)16(22)12-17(9-5-6-10-17)11-15(21)18-13-7-3-4-8-14(13)20/h3-4,7-8,20H,5-6,9-12H2,1-2H3,(H,18,21). The van der Waals surface area contributed by atoms with Gasteiger partial charge in [-0.15, -0.1) is 0 Å². The number of aromatic hydroxyl groups is 1. The average molecular weight is 304 g/mol. The minimum Gasteiger partial charge on any atom is -0.506 e. The number of nitrogens with one attached hydrogen (secondary N) is 1. The first-order valence-corrected chi connectivity index (χ1v) is 7.70. The van der Waals surface area contributed by atoms with Crippen molar-refractivity contribution in [3.8, 4) is 5.75 Å². The third-order valence-corrected chi connectivity index (χ3v) is 4.40. The summed E-state index contributed by atoms with van der Waals surface area (Å²) in [5.41, 5.74) is 0.176. The van der Waals surface area contributed by atoms with E-state index in [0.29, 0.717) is 18.5 Å². The summed E-state index contributed by atoms with van der Waals surface area (Å²) in [5, 5.41) is 12.5. The number of hydrogen-bond donors (Lipinski definition) is 2. The molecule has 2 rings (SSSR count). The molecule has 1 aromatic carbocycles. The zero-order valence-electron chi connectivity index (χ0n) is 13.3. The Morgan fingerprint density at radius 3 is 2.41 bits per heavy atom. The second kappa shape index (κ2) is 6.81. The molecule has 120 valence electrons. The lowest BCUT2D eigenvalue weighted by atomic mass is 9.78. The Bertz CT molecular complexity index is 549. The number of carbonyl (C=O) groups excluding carboxylic acids is 2. The van der Waals surface area contributed by atoms with Crippen LogP contribution in [-0.2, 0) is 9.59 Å². The van der Waals surface area contributed by atoms with E-state index in [2.05, 4.69) is 5.32 Å². The van der Waals surface area contributed by atoms with Gasteiger partial charge in [0.25, 0.3) is 0 Å². The van der Waals surface area contributed by atoms with Crippen molar-refractivity contribution < 1.29 is 14.7 Å². The van der Waals surface area contributed by atoms with Gasteiger partial charge in [0.05, 0.1) is 5.69 Å². The van der Waals surface area contributed by atoms with Gasteiger partial charge in [-0.25, -0.2) is 0 Å². The van der Waals surface area contributed by atoms with Crippen LogP contribution in [0.15, 0.2) is 24.3 Å². The minimum absolute atomic E-state index is 0.0562. The van der Waals surface area contributed by atoms with E-state index < -0.39 is 0 Å². The molecule has 22 heavy (non-hydrogen) atoms. The van der Waals surface area contributed by atoms with Crippen molar-refractivity contribution in [3.05, 3.63) is 24.3 Å². The maximum Gasteiger partial charge on any atom is 0.225 e. The Morgan fingerprint density at radius 1 is 1.18 bits per heavy atom. The molecular formula is C17H24N2O3. The number of para-hydroxylation sites is 2. The first-order chi connectivity index (χ1) is 10.4. The maximum absolute atomic E-state index is 12.3. The second-order valence-electron chi connectivity index (χ2n) is 6.41. The summed E-state index contributed by atoms with van der Waals surface area (Å²) in [6.07, 6.45) is 4.66. The molecule has 0 radical (unpaired) electrons. The normalized spacial score (nSPS) is 16.3. The van der Waals surface area contributed by atoms with E-state index in [1.54, 1.807) is 37.2 Å². The van der Waals surface area contributed by atoms with Crippen LogP contribution >= 0.6 is 0 Å². The first-order valence-electron chi connectivity index (χ1n) is 7.70. The lowest BCUT2D eigenvalue weighted by Gasteiger charge is -2.29. The van der Waals surface area contributed by atoms with Crippen LogP contribution in [0.5, 0.6) is 5.75 Å². The zero-order chi connectivity index (χ0) is 16.2. The highest BCUT2D eigenvalue weighted by atomic mass is 16.3. The number of phenolic OH excluding ortho intramolecular Hbond substituents is 1. The number of anilines is 1. The fourth-order valence-electron chi connectivity index (χ4n) is 3.13. The molecule has 1 aromatic rings. The quantitative estimate of drug-likeness (QED) is 0.822. The summed E-state index contributed by atoms with van der Waals surface area (Å²) in [4.78, 5) is 26.0. The Balaban J connectivity index is 2.03. The molecular weight excluding hydrogens is 280 g/mol. The van der Waals surface area contributed by atoms with Crippen molar-refractivity contribution in [2.75, 3.05) is 19.4 Å². The van der Waals surface area contributed by atoms with Crippen LogP contribution in [0.1, 0.15) is 38.5 Å². The number of carbonyl (C=O) groups is 2. The molecule has 2 amide bonds. The first kappa shape index (κ1) is 16.3. The van der Waals surface area contributed by atoms with Crippen LogP contribution in [0.4, 0.5) is 5.69 Å². The lowest BCUT2D eigenvalue weighted by molar-refractivity contribution is -0.131. The third-order valence-electron chi connectivity index (χ3n) is 4.40. The molecule has 1 saturated carbocycles. The van der Waals surface area contributed by atoms with Gasteiger partial charge in [0, 0.05) is 26.9 Å². The number of rotatable bonds is 5. The van der Waals surface area contributed by atoms with E-state index >= 15 is 0 Å². The molecule has 5 nitrogen and oxygen atoms in total. The van der Waals surface area contributed by atoms with Gasteiger partial charge in [0.1, 0.15) is 5.75 Å². The molecule has 0 atom stereocenters. The lowest BCUT2D eigenvalue weighted by Crippen LogP contribution is -2.32. The Morgan fingerprint density at radius 2 is 1.82 bits per heavy atom. The average Bonchev–Trinajstić information content (AvgIpc) is 2.89. The molecule has 0 spiro atoms. The summed E-state index contributed by atoms with van der Waals surface area (Å²) in [6, 6.07) is 6.67. The van der Waals surface area contributed by atoms with E-state index in [1.807, 2.05) is 0 Å². The van der Waals surface area contributed by atoms with Crippen LogP contribution in [0.3, 0.4) is 0 Å². The monoisotopic (exact) mass is 304 g/mol. The van der Waals surface area contributed by atoms with E-state index in [9.17, 15) is 14.7 Å². The Labute approximate surface area is 131 Å². The topological polar surface area (TPSA) is 69.6 Å². The van der Waals surface area contributed by atoms with Gasteiger partial charge in [-0.3, -0.25) is 9.59 Å². The van der Waals surface area contributed by atoms with Gasteiger partial charge < -0.3 is 15.3 Å². The van der Waals surface area contributed by atoms with Gasteiger partial charge >= 0.3 is 0 Å². The van der Waals surface area contributed by atoms with Crippen LogP contribution in [0.25, 0.3) is 0 Å². The zero-order valence-corrected chi connectivity index (χ0v) is 13.3. The molecule has 0 aromatic heterocycles. The third kappa shape index (κ3) is 4.00. The summed E-state index contributed by atoms with van der Waals surface area (Å²) in [6.45, 7) is 0. The van der Waals surface area contributed by atoms with Gasteiger partial charge in [-0.1, -0.05) is 25.0 Å². The van der Waals surface area contributed by atoms with Crippen molar-refractivity contribution >= 4 is 17.5 Å². The molecule has 0 aliphatic heterocycles. The van der Waals surface area contributed by atoms with Gasteiger partial charge in [-0.2, -0.15) is 0 Å². The highest BCUT2D eigenvalue weighted by Crippen LogP contribution is 2.44. The number of amides is 2. The predicted molar refractivity (Wildman–Crippen MR) is 85.6 cm³/mol. The molecule has 0 heterocycles. The molecule has 0 bridgehead atoms. The minimum atomic E-state index is -0.240. The van der Waals surface area contributed by atoms with Crippen LogP contribution in [0, 0.1) is 5.41 Å². The molecule has 0 saturated heterocycles. The molecule has 5 heteroatoms. The number of hydrogen-bond acceptors (Lipinski definition) is 3. The highest BCUT2D eigenvalue weighted by Gasteiger charge is 2.38. The largest absolute Gasteiger partial charge is 0.506 e. The fourth-order valence-corrected chi connectivity index (χ4v) is 3.13. The summed E-state index contributed by atoms with van der Waals surface area (Å²) in [5.74, 6) is -0.0205. The van der Waals surface area contributed by atoms with E-state index in [-0.39, 0.29) is 23.0 Å². The molecule has 1 fully saturated rings. The predicted octanol–water partition coefficient (Wildman–Crippen LogP) is 2.76. The Kier molecular flexibility index (Phi) is 5.06. The van der Waals surface area contributed by atoms with Gasteiger partial charge in [0.15, 0.2) is 0 Å². The fraction of sp³-hybridized carbons (Fsp3) is 0.529. The summed E-state index contributed by atoms with van der Waals surface area (Å²) in [7, 11) is 3.49. The number of phenols is 1. The smallest absolute Gasteiger partial charge is 0.225 e. The summed E-state index contributed by atoms with van der Waals surface area (Å²) >= 11 is 0. The van der Waals surface area contributed by atoms with Crippen molar-refractivity contribution in [1.82, 2.24) is 4.90 Å². The molecule has 1 aliphatic rings. The van der Waals surface area contributed by atoms with E-state index in [4.69, 9.17) is 0 Å². The SMILES string of the molecule is CN(C)C(=O)CC1(CC(=O)Nc2ccccc2O)CCCC1. The molecule has 2 N–H and O–H groups in total. The molecule has 1 aliphatic carbocycles. The van der Waals surface area contributed by atoms with Crippen LogP contribution < -0.4 is 5.32 Å². The van der Waals surface area contributed by atoms with Gasteiger partial charge in [0.2, 0.25) is 11.8 Å². The second-order valence-corrected chi connectivity index (χ2v) is 6.41. The van der Waals surface area contributed by atoms with Crippen molar-refractivity contribution in [1.29, 1.82) is 0 Å². The van der Waals surface area contributed by atoms with Crippen LogP contribution in [-0.4, -0.2) is 35.9 Å². The number of nitrogens with zero attached hydrogens (tertiary/aromatic N) is 1. The summed E-state index contributed by atoms with van der Waals surface area (Å²) < 4.78 is 0. The van der Waals surface area contributed by atoms with Crippen LogP contribution in [0.2, 0.25) is 0 Å². The van der Waals surface area contributed by atoms with Crippen molar-refractivity contribution in [2.24, 2.45) is 5.41 Å². The number of benzene rings is 1. The van der Waals surface area contributed by atoms with Crippen molar-refractivity contribution in [3.63, 3.8) is 0 Å².